The number of esters is 1. The number of nitrogens with zero attached hydrogens (tertiary/aromatic N) is 4. The number of hydrogen-bond acceptors (Lipinski definition) is 6. The van der Waals surface area contributed by atoms with E-state index in [0.717, 1.165) is 25.3 Å². The van der Waals surface area contributed by atoms with Gasteiger partial charge in [0.15, 0.2) is 5.69 Å². The number of ether oxygens (including phenoxy) is 2. The third-order valence-electron chi connectivity index (χ3n) is 3.28. The molecule has 7 heteroatoms. The summed E-state index contributed by atoms with van der Waals surface area (Å²) in [5, 5.41) is 8.00. The van der Waals surface area contributed by atoms with Gasteiger partial charge < -0.3 is 14.4 Å². The van der Waals surface area contributed by atoms with Gasteiger partial charge in [-0.2, -0.15) is 0 Å². The van der Waals surface area contributed by atoms with E-state index in [1.54, 1.807) is 11.8 Å². The number of likely N-dealkylation sites (N-methyl/N-ethyl adjacent to an activating group) is 1. The van der Waals surface area contributed by atoms with Gasteiger partial charge in [-0.25, -0.2) is 9.48 Å². The standard InChI is InChI=1S/C13H24N4O3/c1-5-16(6-2)8-9-17-11(7-10-19-3)12(14-15-17)13(18)20-4/h5-10H2,1-4H3. The van der Waals surface area contributed by atoms with Gasteiger partial charge in [0.1, 0.15) is 0 Å². The molecule has 0 spiro atoms. The number of methoxy groups -OCH3 is 2. The van der Waals surface area contributed by atoms with Crippen LogP contribution in [0.4, 0.5) is 0 Å². The summed E-state index contributed by atoms with van der Waals surface area (Å²) in [6, 6.07) is 0. The van der Waals surface area contributed by atoms with Crippen LogP contribution in [0.3, 0.4) is 0 Å². The van der Waals surface area contributed by atoms with Gasteiger partial charge in [-0.05, 0) is 13.1 Å². The molecule has 0 radical (unpaired) electrons. The molecule has 0 fully saturated rings. The zero-order valence-corrected chi connectivity index (χ0v) is 12.8. The summed E-state index contributed by atoms with van der Waals surface area (Å²) in [5.41, 5.74) is 1.05. The van der Waals surface area contributed by atoms with E-state index in [4.69, 9.17) is 9.47 Å². The molecular formula is C13H24N4O3. The molecular weight excluding hydrogens is 260 g/mol. The van der Waals surface area contributed by atoms with Crippen LogP contribution in [0.15, 0.2) is 0 Å². The zero-order chi connectivity index (χ0) is 15.0. The van der Waals surface area contributed by atoms with Gasteiger partial charge in [0.25, 0.3) is 0 Å². The molecule has 1 heterocycles. The van der Waals surface area contributed by atoms with Gasteiger partial charge in [-0.3, -0.25) is 0 Å². The summed E-state index contributed by atoms with van der Waals surface area (Å²) in [6.07, 6.45) is 0.589. The van der Waals surface area contributed by atoms with Crippen molar-refractivity contribution in [3.05, 3.63) is 11.4 Å². The van der Waals surface area contributed by atoms with Gasteiger partial charge >= 0.3 is 5.97 Å². The number of hydrogen-bond donors (Lipinski definition) is 0. The molecule has 0 aliphatic carbocycles. The van der Waals surface area contributed by atoms with Crippen LogP contribution in [-0.4, -0.2) is 66.3 Å². The van der Waals surface area contributed by atoms with Gasteiger partial charge in [-0.15, -0.1) is 5.10 Å². The minimum Gasteiger partial charge on any atom is -0.464 e. The maximum absolute atomic E-state index is 11.7. The Morgan fingerprint density at radius 2 is 2.00 bits per heavy atom. The van der Waals surface area contributed by atoms with Gasteiger partial charge in [-0.1, -0.05) is 19.1 Å². The van der Waals surface area contributed by atoms with E-state index in [0.29, 0.717) is 19.6 Å². The molecule has 0 atom stereocenters. The van der Waals surface area contributed by atoms with Crippen LogP contribution in [0, 0.1) is 0 Å². The second kappa shape index (κ2) is 8.65. The molecule has 0 N–H and O–H groups in total. The van der Waals surface area contributed by atoms with E-state index in [-0.39, 0.29) is 5.69 Å². The Labute approximate surface area is 119 Å². The first kappa shape index (κ1) is 16.6. The normalized spacial score (nSPS) is 11.1. The second-order valence-electron chi connectivity index (χ2n) is 4.37. The number of aromatic nitrogens is 3. The largest absolute Gasteiger partial charge is 0.464 e. The molecule has 0 saturated carbocycles. The van der Waals surface area contributed by atoms with Crippen LogP contribution in [-0.2, 0) is 22.4 Å². The monoisotopic (exact) mass is 284 g/mol. The van der Waals surface area contributed by atoms with Crippen molar-refractivity contribution in [1.29, 1.82) is 0 Å². The minimum atomic E-state index is -0.454. The summed E-state index contributed by atoms with van der Waals surface area (Å²) in [5.74, 6) is -0.454. The third-order valence-corrected chi connectivity index (χ3v) is 3.28. The molecule has 0 bridgehead atoms. The highest BCUT2D eigenvalue weighted by Crippen LogP contribution is 2.08. The van der Waals surface area contributed by atoms with Crippen molar-refractivity contribution in [1.82, 2.24) is 19.9 Å². The fourth-order valence-electron chi connectivity index (χ4n) is 1.99. The van der Waals surface area contributed by atoms with E-state index in [2.05, 4.69) is 29.1 Å². The van der Waals surface area contributed by atoms with Crippen LogP contribution < -0.4 is 0 Å². The Bertz CT molecular complexity index is 416. The highest BCUT2D eigenvalue weighted by Gasteiger charge is 2.20. The molecule has 0 saturated heterocycles. The third kappa shape index (κ3) is 4.28. The maximum Gasteiger partial charge on any atom is 0.360 e. The van der Waals surface area contributed by atoms with Crippen LogP contribution in [0.25, 0.3) is 0 Å². The van der Waals surface area contributed by atoms with Crippen molar-refractivity contribution in [2.45, 2.75) is 26.8 Å². The highest BCUT2D eigenvalue weighted by molar-refractivity contribution is 5.88. The average molecular weight is 284 g/mol. The summed E-state index contributed by atoms with van der Waals surface area (Å²) in [7, 11) is 2.97. The first-order valence-electron chi connectivity index (χ1n) is 6.89. The first-order valence-corrected chi connectivity index (χ1v) is 6.89. The fourth-order valence-corrected chi connectivity index (χ4v) is 1.99. The first-order chi connectivity index (χ1) is 9.67. The minimum absolute atomic E-state index is 0.282. The SMILES string of the molecule is CCN(CC)CCn1nnc(C(=O)OC)c1CCOC. The Hall–Kier alpha value is -1.47. The van der Waals surface area contributed by atoms with Crippen LogP contribution in [0.1, 0.15) is 30.0 Å². The molecule has 20 heavy (non-hydrogen) atoms. The Balaban J connectivity index is 2.83. The van der Waals surface area contributed by atoms with Gasteiger partial charge in [0, 0.05) is 20.1 Å². The molecule has 114 valence electrons. The number of rotatable bonds is 9. The van der Waals surface area contributed by atoms with Crippen LogP contribution >= 0.6 is 0 Å². The fraction of sp³-hybridized carbons (Fsp3) is 0.769. The lowest BCUT2D eigenvalue weighted by Crippen LogP contribution is -2.28. The average Bonchev–Trinajstić information content (AvgIpc) is 2.88. The van der Waals surface area contributed by atoms with E-state index in [1.807, 2.05) is 0 Å². The molecule has 0 aliphatic rings. The molecule has 1 rings (SSSR count). The summed E-state index contributed by atoms with van der Waals surface area (Å²) in [6.45, 7) is 8.31. The second-order valence-corrected chi connectivity index (χ2v) is 4.37. The van der Waals surface area contributed by atoms with Crippen molar-refractivity contribution in [3.8, 4) is 0 Å². The zero-order valence-electron chi connectivity index (χ0n) is 12.8. The van der Waals surface area contributed by atoms with Crippen molar-refractivity contribution in [2.24, 2.45) is 0 Å². The maximum atomic E-state index is 11.7. The summed E-state index contributed by atoms with van der Waals surface area (Å²) in [4.78, 5) is 14.0. The van der Waals surface area contributed by atoms with Crippen molar-refractivity contribution in [3.63, 3.8) is 0 Å². The Morgan fingerprint density at radius 1 is 1.30 bits per heavy atom. The van der Waals surface area contributed by atoms with E-state index < -0.39 is 5.97 Å². The van der Waals surface area contributed by atoms with Crippen molar-refractivity contribution in [2.75, 3.05) is 40.5 Å². The molecule has 0 aromatic carbocycles. The van der Waals surface area contributed by atoms with E-state index >= 15 is 0 Å². The predicted octanol–water partition coefficient (Wildman–Crippen LogP) is 0.595. The summed E-state index contributed by atoms with van der Waals surface area (Å²) < 4.78 is 11.6. The topological polar surface area (TPSA) is 69.5 Å². The van der Waals surface area contributed by atoms with E-state index in [1.165, 1.54) is 7.11 Å². The molecule has 1 aromatic heterocycles. The molecule has 1 aromatic rings. The van der Waals surface area contributed by atoms with Crippen LogP contribution in [0.5, 0.6) is 0 Å². The molecule has 0 unspecified atom stereocenters. The lowest BCUT2D eigenvalue weighted by molar-refractivity contribution is 0.0592. The quantitative estimate of drug-likeness (QED) is 0.618. The number of carbonyl (C=O) groups is 1. The van der Waals surface area contributed by atoms with E-state index in [9.17, 15) is 4.79 Å². The Morgan fingerprint density at radius 3 is 2.55 bits per heavy atom. The van der Waals surface area contributed by atoms with Gasteiger partial charge in [0.2, 0.25) is 0 Å². The molecule has 0 aliphatic heterocycles. The predicted molar refractivity (Wildman–Crippen MR) is 74.7 cm³/mol. The molecule has 0 amide bonds. The lowest BCUT2D eigenvalue weighted by atomic mass is 10.2. The highest BCUT2D eigenvalue weighted by atomic mass is 16.5. The summed E-state index contributed by atoms with van der Waals surface area (Å²) >= 11 is 0. The molecule has 7 nitrogen and oxygen atoms in total. The Kier molecular flexibility index (Phi) is 7.17. The van der Waals surface area contributed by atoms with Crippen molar-refractivity contribution < 1.29 is 14.3 Å². The van der Waals surface area contributed by atoms with Gasteiger partial charge in [0.05, 0.1) is 26.0 Å². The van der Waals surface area contributed by atoms with Crippen molar-refractivity contribution >= 4 is 5.97 Å². The lowest BCUT2D eigenvalue weighted by Gasteiger charge is -2.18. The number of carbonyl (C=O) groups excluding carboxylic acids is 1. The van der Waals surface area contributed by atoms with Crippen LogP contribution in [0.2, 0.25) is 0 Å². The smallest absolute Gasteiger partial charge is 0.360 e.